The first-order valence-corrected chi connectivity index (χ1v) is 8.33. The number of nitrogens with one attached hydrogen (secondary N) is 2. The Morgan fingerprint density at radius 2 is 1.57 bits per heavy atom. The van der Waals surface area contributed by atoms with Gasteiger partial charge < -0.3 is 15.7 Å². The van der Waals surface area contributed by atoms with Crippen LogP contribution >= 0.6 is 0 Å². The van der Waals surface area contributed by atoms with Crippen LogP contribution in [0, 0.1) is 5.41 Å². The van der Waals surface area contributed by atoms with Crippen molar-refractivity contribution in [2.75, 3.05) is 0 Å². The smallest absolute Gasteiger partial charge is 0.315 e. The summed E-state index contributed by atoms with van der Waals surface area (Å²) < 4.78 is 0. The van der Waals surface area contributed by atoms with Crippen molar-refractivity contribution < 1.29 is 14.7 Å². The number of hydrogen-bond donors (Lipinski definition) is 3. The average molecular weight is 296 g/mol. The van der Waals surface area contributed by atoms with Gasteiger partial charge in [-0.1, -0.05) is 38.5 Å². The molecule has 2 aliphatic carbocycles. The molecular weight excluding hydrogens is 268 g/mol. The van der Waals surface area contributed by atoms with Crippen molar-refractivity contribution in [3.8, 4) is 0 Å². The molecule has 2 atom stereocenters. The Balaban J connectivity index is 1.84. The Kier molecular flexibility index (Phi) is 5.48. The first-order valence-electron chi connectivity index (χ1n) is 8.33. The van der Waals surface area contributed by atoms with E-state index in [0.717, 1.165) is 25.7 Å². The second-order valence-corrected chi connectivity index (χ2v) is 6.83. The molecule has 0 aromatic heterocycles. The highest BCUT2D eigenvalue weighted by Gasteiger charge is 2.46. The van der Waals surface area contributed by atoms with E-state index in [-0.39, 0.29) is 18.1 Å². The van der Waals surface area contributed by atoms with Gasteiger partial charge in [-0.2, -0.15) is 0 Å². The van der Waals surface area contributed by atoms with E-state index < -0.39 is 11.4 Å². The Hall–Kier alpha value is -1.26. The lowest BCUT2D eigenvalue weighted by Crippen LogP contribution is -2.52. The second kappa shape index (κ2) is 7.14. The summed E-state index contributed by atoms with van der Waals surface area (Å²) in [6.45, 7) is 1.74. The van der Waals surface area contributed by atoms with Crippen LogP contribution in [0.1, 0.15) is 71.1 Å². The number of urea groups is 1. The number of rotatable bonds is 3. The van der Waals surface area contributed by atoms with Crippen molar-refractivity contribution in [2.24, 2.45) is 5.41 Å². The molecule has 120 valence electrons. The Labute approximate surface area is 126 Å². The maximum atomic E-state index is 12.2. The van der Waals surface area contributed by atoms with Crippen LogP contribution in [-0.4, -0.2) is 29.2 Å². The largest absolute Gasteiger partial charge is 0.481 e. The van der Waals surface area contributed by atoms with Crippen LogP contribution in [-0.2, 0) is 4.79 Å². The fourth-order valence-electron chi connectivity index (χ4n) is 3.64. The molecule has 0 aromatic rings. The topological polar surface area (TPSA) is 78.4 Å². The van der Waals surface area contributed by atoms with Gasteiger partial charge in [0.1, 0.15) is 0 Å². The highest BCUT2D eigenvalue weighted by molar-refractivity contribution is 5.79. The van der Waals surface area contributed by atoms with Crippen LogP contribution in [0.2, 0.25) is 0 Å². The van der Waals surface area contributed by atoms with Crippen LogP contribution in [0.4, 0.5) is 4.79 Å². The minimum absolute atomic E-state index is 0.194. The number of carboxylic acid groups (broad SMARTS) is 1. The summed E-state index contributed by atoms with van der Waals surface area (Å²) in [7, 11) is 0. The molecule has 0 saturated heterocycles. The van der Waals surface area contributed by atoms with Crippen LogP contribution in [0.5, 0.6) is 0 Å². The van der Waals surface area contributed by atoms with Crippen molar-refractivity contribution in [2.45, 2.75) is 83.2 Å². The first-order chi connectivity index (χ1) is 10.0. The number of carbonyl (C=O) groups is 2. The summed E-state index contributed by atoms with van der Waals surface area (Å²) in [6.07, 6.45) is 10.5. The van der Waals surface area contributed by atoms with Crippen molar-refractivity contribution in [1.82, 2.24) is 10.6 Å². The molecule has 2 amide bonds. The lowest BCUT2D eigenvalue weighted by molar-refractivity contribution is -0.148. The summed E-state index contributed by atoms with van der Waals surface area (Å²) in [5.41, 5.74) is -0.821. The van der Waals surface area contributed by atoms with Crippen LogP contribution in [0.15, 0.2) is 0 Å². The van der Waals surface area contributed by atoms with E-state index in [1.54, 1.807) is 6.92 Å². The normalized spacial score (nSPS) is 31.2. The molecule has 2 saturated carbocycles. The molecule has 0 bridgehead atoms. The number of hydrogen-bond acceptors (Lipinski definition) is 2. The van der Waals surface area contributed by atoms with E-state index in [9.17, 15) is 14.7 Å². The molecule has 3 N–H and O–H groups in total. The average Bonchev–Trinajstić information content (AvgIpc) is 2.75. The molecule has 0 aromatic carbocycles. The third kappa shape index (κ3) is 4.11. The summed E-state index contributed by atoms with van der Waals surface area (Å²) in [4.78, 5) is 23.6. The number of carboxylic acids is 1. The van der Waals surface area contributed by atoms with Gasteiger partial charge in [0.2, 0.25) is 0 Å². The third-order valence-corrected chi connectivity index (χ3v) is 5.19. The predicted octanol–water partition coefficient (Wildman–Crippen LogP) is 3.04. The van der Waals surface area contributed by atoms with Crippen molar-refractivity contribution in [3.63, 3.8) is 0 Å². The standard InChI is InChI=1S/C16H28N2O3/c1-16(14(19)20)11-7-10-13(16)18-15(21)17-12-8-5-3-2-4-6-9-12/h12-13H,2-11H2,1H3,(H,19,20)(H2,17,18,21). The Morgan fingerprint density at radius 3 is 2.19 bits per heavy atom. The van der Waals surface area contributed by atoms with E-state index >= 15 is 0 Å². The molecule has 5 nitrogen and oxygen atoms in total. The highest BCUT2D eigenvalue weighted by atomic mass is 16.4. The summed E-state index contributed by atoms with van der Waals surface area (Å²) in [6, 6.07) is -0.216. The number of aliphatic carboxylic acids is 1. The molecule has 21 heavy (non-hydrogen) atoms. The van der Waals surface area contributed by atoms with Crippen LogP contribution in [0.25, 0.3) is 0 Å². The molecule has 0 spiro atoms. The van der Waals surface area contributed by atoms with Crippen molar-refractivity contribution in [3.05, 3.63) is 0 Å². The van der Waals surface area contributed by atoms with Gasteiger partial charge in [-0.15, -0.1) is 0 Å². The molecule has 0 heterocycles. The van der Waals surface area contributed by atoms with E-state index in [1.165, 1.54) is 32.1 Å². The monoisotopic (exact) mass is 296 g/mol. The van der Waals surface area contributed by atoms with Gasteiger partial charge in [0.15, 0.2) is 0 Å². The molecule has 2 fully saturated rings. The quantitative estimate of drug-likeness (QED) is 0.749. The van der Waals surface area contributed by atoms with Gasteiger partial charge in [-0.3, -0.25) is 4.79 Å². The molecule has 5 heteroatoms. The van der Waals surface area contributed by atoms with Crippen LogP contribution in [0.3, 0.4) is 0 Å². The Bertz CT molecular complexity index is 378. The lowest BCUT2D eigenvalue weighted by atomic mass is 9.85. The SMILES string of the molecule is CC1(C(=O)O)CCCC1NC(=O)NC1CCCCCCC1. The molecule has 0 radical (unpaired) electrons. The van der Waals surface area contributed by atoms with Gasteiger partial charge in [0, 0.05) is 12.1 Å². The summed E-state index contributed by atoms with van der Waals surface area (Å²) >= 11 is 0. The van der Waals surface area contributed by atoms with Gasteiger partial charge >= 0.3 is 12.0 Å². The first kappa shape index (κ1) is 16.1. The Morgan fingerprint density at radius 1 is 0.952 bits per heavy atom. The molecule has 0 aliphatic heterocycles. The van der Waals surface area contributed by atoms with E-state index in [1.807, 2.05) is 0 Å². The van der Waals surface area contributed by atoms with Gasteiger partial charge in [-0.05, 0) is 32.6 Å². The van der Waals surface area contributed by atoms with Crippen molar-refractivity contribution >= 4 is 12.0 Å². The number of amides is 2. The molecule has 2 aliphatic rings. The maximum absolute atomic E-state index is 12.2. The summed E-state index contributed by atoms with van der Waals surface area (Å²) in [5, 5.41) is 15.3. The van der Waals surface area contributed by atoms with E-state index in [4.69, 9.17) is 0 Å². The lowest BCUT2D eigenvalue weighted by Gasteiger charge is -2.29. The third-order valence-electron chi connectivity index (χ3n) is 5.19. The number of carbonyl (C=O) groups excluding carboxylic acids is 1. The minimum Gasteiger partial charge on any atom is -0.481 e. The molecule has 2 rings (SSSR count). The minimum atomic E-state index is -0.821. The predicted molar refractivity (Wildman–Crippen MR) is 81.2 cm³/mol. The van der Waals surface area contributed by atoms with Crippen LogP contribution < -0.4 is 10.6 Å². The van der Waals surface area contributed by atoms with E-state index in [0.29, 0.717) is 6.42 Å². The fourth-order valence-corrected chi connectivity index (χ4v) is 3.64. The highest BCUT2D eigenvalue weighted by Crippen LogP contribution is 2.38. The second-order valence-electron chi connectivity index (χ2n) is 6.83. The van der Waals surface area contributed by atoms with E-state index in [2.05, 4.69) is 10.6 Å². The fraction of sp³-hybridized carbons (Fsp3) is 0.875. The zero-order valence-electron chi connectivity index (χ0n) is 13.0. The molecular formula is C16H28N2O3. The maximum Gasteiger partial charge on any atom is 0.315 e. The van der Waals surface area contributed by atoms with Gasteiger partial charge in [0.05, 0.1) is 5.41 Å². The van der Waals surface area contributed by atoms with Gasteiger partial charge in [-0.25, -0.2) is 4.79 Å². The van der Waals surface area contributed by atoms with Gasteiger partial charge in [0.25, 0.3) is 0 Å². The van der Waals surface area contributed by atoms with Crippen molar-refractivity contribution in [1.29, 1.82) is 0 Å². The zero-order valence-corrected chi connectivity index (χ0v) is 13.0. The zero-order chi connectivity index (χ0) is 15.3. The summed E-state index contributed by atoms with van der Waals surface area (Å²) in [5.74, 6) is -0.809. The molecule has 2 unspecified atom stereocenters.